The molecule has 0 spiro atoms. The molecular formula is C15H28O2. The minimum atomic E-state index is -0.330. The standard InChI is InChI=1S/C15H28O2/c1-9(2)10(3)12-13(17-12)15(7,8)14(5,6)11(4)16/h9-10,12-13H,1-8H3. The van der Waals surface area contributed by atoms with E-state index in [4.69, 9.17) is 4.74 Å². The summed E-state index contributed by atoms with van der Waals surface area (Å²) in [6, 6.07) is 0. The molecule has 0 aromatic carbocycles. The van der Waals surface area contributed by atoms with Crippen LogP contribution in [0.25, 0.3) is 0 Å². The van der Waals surface area contributed by atoms with Gasteiger partial charge in [-0.2, -0.15) is 0 Å². The van der Waals surface area contributed by atoms with Crippen LogP contribution in [0.1, 0.15) is 55.4 Å². The van der Waals surface area contributed by atoms with Gasteiger partial charge < -0.3 is 4.74 Å². The van der Waals surface area contributed by atoms with Gasteiger partial charge in [0.2, 0.25) is 0 Å². The highest BCUT2D eigenvalue weighted by molar-refractivity contribution is 5.82. The minimum Gasteiger partial charge on any atom is -0.369 e. The van der Waals surface area contributed by atoms with Crippen LogP contribution in [0.4, 0.5) is 0 Å². The molecule has 0 amide bonds. The Hall–Kier alpha value is -0.370. The molecule has 1 saturated heterocycles. The van der Waals surface area contributed by atoms with E-state index in [0.717, 1.165) is 0 Å². The summed E-state index contributed by atoms with van der Waals surface area (Å²) in [4.78, 5) is 11.8. The lowest BCUT2D eigenvalue weighted by Gasteiger charge is -2.39. The zero-order valence-electron chi connectivity index (χ0n) is 12.6. The molecule has 0 bridgehead atoms. The smallest absolute Gasteiger partial charge is 0.136 e. The third-order valence-electron chi connectivity index (χ3n) is 5.30. The third-order valence-corrected chi connectivity index (χ3v) is 5.30. The van der Waals surface area contributed by atoms with Crippen molar-refractivity contribution in [1.82, 2.24) is 0 Å². The molecule has 1 rings (SSSR count). The fourth-order valence-electron chi connectivity index (χ4n) is 2.29. The second-order valence-electron chi connectivity index (χ2n) is 7.03. The van der Waals surface area contributed by atoms with Crippen molar-refractivity contribution in [2.45, 2.75) is 67.6 Å². The first kappa shape index (κ1) is 14.7. The summed E-state index contributed by atoms with van der Waals surface area (Å²) >= 11 is 0. The molecule has 1 aliphatic rings. The summed E-state index contributed by atoms with van der Waals surface area (Å²) in [6.45, 7) is 16.8. The van der Waals surface area contributed by atoms with Crippen molar-refractivity contribution in [3.05, 3.63) is 0 Å². The van der Waals surface area contributed by atoms with E-state index in [2.05, 4.69) is 34.6 Å². The van der Waals surface area contributed by atoms with Crippen molar-refractivity contribution in [2.24, 2.45) is 22.7 Å². The van der Waals surface area contributed by atoms with Crippen LogP contribution < -0.4 is 0 Å². The van der Waals surface area contributed by atoms with Crippen molar-refractivity contribution >= 4 is 5.78 Å². The van der Waals surface area contributed by atoms with E-state index >= 15 is 0 Å². The molecule has 0 radical (unpaired) electrons. The van der Waals surface area contributed by atoms with E-state index in [1.54, 1.807) is 6.92 Å². The number of hydrogen-bond acceptors (Lipinski definition) is 2. The summed E-state index contributed by atoms with van der Waals surface area (Å²) in [5, 5.41) is 0. The van der Waals surface area contributed by atoms with E-state index in [9.17, 15) is 4.79 Å². The van der Waals surface area contributed by atoms with E-state index in [-0.39, 0.29) is 22.7 Å². The number of ketones is 1. The van der Waals surface area contributed by atoms with Crippen molar-refractivity contribution in [1.29, 1.82) is 0 Å². The fraction of sp³-hybridized carbons (Fsp3) is 0.933. The molecule has 1 fully saturated rings. The maximum atomic E-state index is 11.8. The van der Waals surface area contributed by atoms with Gasteiger partial charge in [0, 0.05) is 10.8 Å². The maximum absolute atomic E-state index is 11.8. The summed E-state index contributed by atoms with van der Waals surface area (Å²) < 4.78 is 5.89. The van der Waals surface area contributed by atoms with Gasteiger partial charge in [-0.25, -0.2) is 0 Å². The second kappa shape index (κ2) is 4.38. The number of hydrogen-bond donors (Lipinski definition) is 0. The van der Waals surface area contributed by atoms with E-state index in [1.807, 2.05) is 13.8 Å². The van der Waals surface area contributed by atoms with Gasteiger partial charge in [0.15, 0.2) is 0 Å². The minimum absolute atomic E-state index is 0.105. The summed E-state index contributed by atoms with van der Waals surface area (Å²) in [7, 11) is 0. The van der Waals surface area contributed by atoms with Crippen LogP contribution in [0, 0.1) is 22.7 Å². The number of Topliss-reactive ketones (excluding diaryl/α,β-unsaturated/α-hetero) is 1. The Morgan fingerprint density at radius 2 is 1.59 bits per heavy atom. The van der Waals surface area contributed by atoms with Crippen molar-refractivity contribution in [2.75, 3.05) is 0 Å². The van der Waals surface area contributed by atoms with Gasteiger partial charge in [0.1, 0.15) is 5.78 Å². The van der Waals surface area contributed by atoms with Crippen molar-refractivity contribution < 1.29 is 9.53 Å². The first-order valence-electron chi connectivity index (χ1n) is 6.70. The van der Waals surface area contributed by atoms with Crippen LogP contribution >= 0.6 is 0 Å². The Morgan fingerprint density at radius 1 is 1.12 bits per heavy atom. The molecule has 0 aromatic heterocycles. The van der Waals surface area contributed by atoms with E-state index in [1.165, 1.54) is 0 Å². The van der Waals surface area contributed by atoms with Gasteiger partial charge >= 0.3 is 0 Å². The average Bonchev–Trinajstić information content (AvgIpc) is 2.95. The van der Waals surface area contributed by atoms with E-state index < -0.39 is 0 Å². The van der Waals surface area contributed by atoms with Crippen LogP contribution in [-0.4, -0.2) is 18.0 Å². The lowest BCUT2D eigenvalue weighted by Crippen LogP contribution is -2.43. The first-order chi connectivity index (χ1) is 7.53. The van der Waals surface area contributed by atoms with Crippen LogP contribution in [0.2, 0.25) is 0 Å². The quantitative estimate of drug-likeness (QED) is 0.686. The van der Waals surface area contributed by atoms with Gasteiger partial charge in [0.05, 0.1) is 12.2 Å². The van der Waals surface area contributed by atoms with Crippen molar-refractivity contribution in [3.8, 4) is 0 Å². The zero-order chi connectivity index (χ0) is 13.6. The van der Waals surface area contributed by atoms with Gasteiger partial charge in [0.25, 0.3) is 0 Å². The first-order valence-corrected chi connectivity index (χ1v) is 6.70. The summed E-state index contributed by atoms with van der Waals surface area (Å²) in [5.41, 5.74) is -0.435. The highest BCUT2D eigenvalue weighted by atomic mass is 16.6. The number of carbonyl (C=O) groups excluding carboxylic acids is 1. The van der Waals surface area contributed by atoms with Crippen molar-refractivity contribution in [3.63, 3.8) is 0 Å². The lowest BCUT2D eigenvalue weighted by atomic mass is 9.62. The molecule has 2 heteroatoms. The molecule has 3 unspecified atom stereocenters. The number of ether oxygens (including phenoxy) is 1. The third kappa shape index (κ3) is 2.42. The van der Waals surface area contributed by atoms with Crippen LogP contribution in [0.15, 0.2) is 0 Å². The van der Waals surface area contributed by atoms with Gasteiger partial charge in [-0.3, -0.25) is 4.79 Å². The topological polar surface area (TPSA) is 29.6 Å². The molecule has 3 atom stereocenters. The molecule has 0 N–H and O–H groups in total. The predicted octanol–water partition coefficient (Wildman–Crippen LogP) is 3.69. The number of epoxide rings is 1. The van der Waals surface area contributed by atoms with Crippen LogP contribution in [0.5, 0.6) is 0 Å². The molecule has 0 saturated carbocycles. The molecule has 0 aromatic rings. The van der Waals surface area contributed by atoms with Gasteiger partial charge in [-0.05, 0) is 18.8 Å². The Bertz CT molecular complexity index is 302. The summed E-state index contributed by atoms with van der Waals surface area (Å²) in [6.07, 6.45) is 0.544. The van der Waals surface area contributed by atoms with Crippen LogP contribution in [-0.2, 0) is 9.53 Å². The normalized spacial score (nSPS) is 27.1. The highest BCUT2D eigenvalue weighted by Crippen LogP contribution is 2.52. The molecule has 1 heterocycles. The van der Waals surface area contributed by atoms with Gasteiger partial charge in [-0.1, -0.05) is 48.5 Å². The lowest BCUT2D eigenvalue weighted by molar-refractivity contribution is -0.131. The molecular weight excluding hydrogens is 212 g/mol. The number of carbonyl (C=O) groups is 1. The Labute approximate surface area is 106 Å². The molecule has 100 valence electrons. The monoisotopic (exact) mass is 240 g/mol. The maximum Gasteiger partial charge on any atom is 0.136 e. The SMILES string of the molecule is CC(=O)C(C)(C)C(C)(C)C1OC1C(C)C(C)C. The predicted molar refractivity (Wildman–Crippen MR) is 70.9 cm³/mol. The van der Waals surface area contributed by atoms with E-state index in [0.29, 0.717) is 17.9 Å². The molecule has 17 heavy (non-hydrogen) atoms. The largest absolute Gasteiger partial charge is 0.369 e. The zero-order valence-corrected chi connectivity index (χ0v) is 12.6. The number of rotatable bonds is 5. The van der Waals surface area contributed by atoms with Gasteiger partial charge in [-0.15, -0.1) is 0 Å². The Balaban J connectivity index is 2.79. The fourth-order valence-corrected chi connectivity index (χ4v) is 2.29. The second-order valence-corrected chi connectivity index (χ2v) is 7.03. The molecule has 0 aliphatic carbocycles. The Kier molecular flexibility index (Phi) is 3.79. The molecule has 2 nitrogen and oxygen atoms in total. The molecule has 1 aliphatic heterocycles. The Morgan fingerprint density at radius 3 is 1.94 bits per heavy atom. The highest BCUT2D eigenvalue weighted by Gasteiger charge is 2.58. The average molecular weight is 240 g/mol. The summed E-state index contributed by atoms with van der Waals surface area (Å²) in [5.74, 6) is 1.43. The van der Waals surface area contributed by atoms with Crippen LogP contribution in [0.3, 0.4) is 0 Å².